The molecule has 0 amide bonds. The SMILES string of the molecule is CC(=O)CCc1cccc(-c2ccc3c(c2)CCN3C)c1. The number of benzene rings is 2. The smallest absolute Gasteiger partial charge is 0.130 e. The zero-order valence-corrected chi connectivity index (χ0v) is 12.7. The van der Waals surface area contributed by atoms with E-state index in [1.54, 1.807) is 6.92 Å². The van der Waals surface area contributed by atoms with E-state index in [0.29, 0.717) is 6.42 Å². The first-order valence-electron chi connectivity index (χ1n) is 7.56. The number of aryl methyl sites for hydroxylation is 1. The minimum Gasteiger partial charge on any atom is -0.374 e. The summed E-state index contributed by atoms with van der Waals surface area (Å²) in [6.07, 6.45) is 2.58. The normalized spacial score (nSPS) is 13.3. The summed E-state index contributed by atoms with van der Waals surface area (Å²) in [6, 6.07) is 15.3. The molecule has 0 fully saturated rings. The van der Waals surface area contributed by atoms with Crippen LogP contribution in [0.15, 0.2) is 42.5 Å². The van der Waals surface area contributed by atoms with E-state index in [0.717, 1.165) is 19.4 Å². The van der Waals surface area contributed by atoms with E-state index in [9.17, 15) is 4.79 Å². The maximum absolute atomic E-state index is 11.1. The fraction of sp³-hybridized carbons (Fsp3) is 0.316. The number of Topliss-reactive ketones (excluding diaryl/α,β-unsaturated/α-hetero) is 1. The van der Waals surface area contributed by atoms with Crippen LogP contribution >= 0.6 is 0 Å². The maximum atomic E-state index is 11.1. The first-order chi connectivity index (χ1) is 10.1. The van der Waals surface area contributed by atoms with Gasteiger partial charge in [0.15, 0.2) is 0 Å². The second-order valence-electron chi connectivity index (χ2n) is 5.92. The lowest BCUT2D eigenvalue weighted by atomic mass is 9.98. The molecule has 2 heteroatoms. The quantitative estimate of drug-likeness (QED) is 0.847. The topological polar surface area (TPSA) is 20.3 Å². The van der Waals surface area contributed by atoms with Gasteiger partial charge in [-0.25, -0.2) is 0 Å². The number of hydrogen-bond donors (Lipinski definition) is 0. The molecule has 1 aliphatic heterocycles. The van der Waals surface area contributed by atoms with E-state index in [1.165, 1.54) is 27.9 Å². The van der Waals surface area contributed by atoms with Gasteiger partial charge in [-0.1, -0.05) is 30.3 Å². The molecule has 1 heterocycles. The highest BCUT2D eigenvalue weighted by molar-refractivity contribution is 5.76. The van der Waals surface area contributed by atoms with Gasteiger partial charge < -0.3 is 9.69 Å². The third-order valence-electron chi connectivity index (χ3n) is 4.23. The minimum atomic E-state index is 0.251. The molecule has 2 aromatic rings. The molecule has 0 bridgehead atoms. The average molecular weight is 279 g/mol. The van der Waals surface area contributed by atoms with Crippen LogP contribution in [0.2, 0.25) is 0 Å². The lowest BCUT2D eigenvalue weighted by Gasteiger charge is -2.12. The number of fused-ring (bicyclic) bond motifs is 1. The number of carbonyl (C=O) groups is 1. The fourth-order valence-corrected chi connectivity index (χ4v) is 2.97. The van der Waals surface area contributed by atoms with E-state index in [2.05, 4.69) is 54.4 Å². The minimum absolute atomic E-state index is 0.251. The molecule has 108 valence electrons. The molecular formula is C19H21NO. The van der Waals surface area contributed by atoms with Crippen molar-refractivity contribution in [2.24, 2.45) is 0 Å². The molecule has 0 N–H and O–H groups in total. The van der Waals surface area contributed by atoms with Crippen molar-refractivity contribution >= 4 is 11.5 Å². The number of likely N-dealkylation sites (N-methyl/N-ethyl adjacent to an activating group) is 1. The molecule has 2 nitrogen and oxygen atoms in total. The Kier molecular flexibility index (Phi) is 3.78. The largest absolute Gasteiger partial charge is 0.374 e. The molecule has 0 radical (unpaired) electrons. The summed E-state index contributed by atoms with van der Waals surface area (Å²) in [4.78, 5) is 13.4. The van der Waals surface area contributed by atoms with Crippen LogP contribution in [0, 0.1) is 0 Å². The summed E-state index contributed by atoms with van der Waals surface area (Å²) in [5.74, 6) is 0.251. The second-order valence-corrected chi connectivity index (χ2v) is 5.92. The van der Waals surface area contributed by atoms with Crippen LogP contribution in [0.25, 0.3) is 11.1 Å². The van der Waals surface area contributed by atoms with Gasteiger partial charge in [0.05, 0.1) is 0 Å². The van der Waals surface area contributed by atoms with Crippen molar-refractivity contribution in [2.45, 2.75) is 26.2 Å². The molecule has 0 saturated carbocycles. The van der Waals surface area contributed by atoms with Gasteiger partial charge in [-0.3, -0.25) is 0 Å². The van der Waals surface area contributed by atoms with E-state index in [-0.39, 0.29) is 5.78 Å². The van der Waals surface area contributed by atoms with Crippen molar-refractivity contribution in [3.63, 3.8) is 0 Å². The second kappa shape index (κ2) is 5.72. The Bertz CT molecular complexity index is 675. The molecule has 21 heavy (non-hydrogen) atoms. The van der Waals surface area contributed by atoms with Crippen LogP contribution in [-0.2, 0) is 17.6 Å². The first kappa shape index (κ1) is 13.9. The zero-order valence-electron chi connectivity index (χ0n) is 12.7. The molecule has 0 spiro atoms. The summed E-state index contributed by atoms with van der Waals surface area (Å²) >= 11 is 0. The maximum Gasteiger partial charge on any atom is 0.130 e. The molecule has 3 rings (SSSR count). The van der Waals surface area contributed by atoms with E-state index >= 15 is 0 Å². The highest BCUT2D eigenvalue weighted by atomic mass is 16.1. The molecule has 2 aromatic carbocycles. The predicted molar refractivity (Wildman–Crippen MR) is 87.9 cm³/mol. The molecule has 0 saturated heterocycles. The zero-order chi connectivity index (χ0) is 14.8. The van der Waals surface area contributed by atoms with Crippen molar-refractivity contribution in [2.75, 3.05) is 18.5 Å². The third kappa shape index (κ3) is 2.99. The van der Waals surface area contributed by atoms with Gasteiger partial charge in [0.25, 0.3) is 0 Å². The number of carbonyl (C=O) groups excluding carboxylic acids is 1. The van der Waals surface area contributed by atoms with Crippen LogP contribution in [-0.4, -0.2) is 19.4 Å². The highest BCUT2D eigenvalue weighted by Gasteiger charge is 2.15. The van der Waals surface area contributed by atoms with Crippen molar-refractivity contribution in [1.82, 2.24) is 0 Å². The Hall–Kier alpha value is -2.09. The van der Waals surface area contributed by atoms with E-state index in [1.807, 2.05) is 0 Å². The van der Waals surface area contributed by atoms with Gasteiger partial charge in [-0.05, 0) is 54.2 Å². The van der Waals surface area contributed by atoms with Crippen LogP contribution in [0.4, 0.5) is 5.69 Å². The first-order valence-corrected chi connectivity index (χ1v) is 7.56. The molecule has 1 aliphatic rings. The van der Waals surface area contributed by atoms with Crippen molar-refractivity contribution in [1.29, 1.82) is 0 Å². The van der Waals surface area contributed by atoms with Crippen LogP contribution in [0.5, 0.6) is 0 Å². The summed E-state index contributed by atoms with van der Waals surface area (Å²) in [5, 5.41) is 0. The molecule has 0 atom stereocenters. The summed E-state index contributed by atoms with van der Waals surface area (Å²) in [5.41, 5.74) is 6.54. The number of anilines is 1. The van der Waals surface area contributed by atoms with Crippen molar-refractivity contribution in [3.05, 3.63) is 53.6 Å². The number of rotatable bonds is 4. The summed E-state index contributed by atoms with van der Waals surface area (Å²) in [7, 11) is 2.15. The van der Waals surface area contributed by atoms with Gasteiger partial charge in [0.1, 0.15) is 5.78 Å². The van der Waals surface area contributed by atoms with Crippen LogP contribution in [0.3, 0.4) is 0 Å². The van der Waals surface area contributed by atoms with Gasteiger partial charge in [0.2, 0.25) is 0 Å². The Balaban J connectivity index is 1.87. The number of ketones is 1. The summed E-state index contributed by atoms with van der Waals surface area (Å²) in [6.45, 7) is 2.76. The Morgan fingerprint density at radius 3 is 2.76 bits per heavy atom. The standard InChI is InChI=1S/C19H21NO/c1-14(21)6-7-15-4-3-5-16(12-15)17-8-9-19-18(13-17)10-11-20(19)2/h3-5,8-9,12-13H,6-7,10-11H2,1-2H3. The monoisotopic (exact) mass is 279 g/mol. The molecule has 0 aromatic heterocycles. The van der Waals surface area contributed by atoms with Crippen molar-refractivity contribution in [3.8, 4) is 11.1 Å². The Morgan fingerprint density at radius 1 is 1.14 bits per heavy atom. The predicted octanol–water partition coefficient (Wildman–Crippen LogP) is 3.87. The average Bonchev–Trinajstić information content (AvgIpc) is 2.86. The van der Waals surface area contributed by atoms with Gasteiger partial charge in [-0.2, -0.15) is 0 Å². The summed E-state index contributed by atoms with van der Waals surface area (Å²) < 4.78 is 0. The highest BCUT2D eigenvalue weighted by Crippen LogP contribution is 2.31. The van der Waals surface area contributed by atoms with Crippen LogP contribution in [0.1, 0.15) is 24.5 Å². The van der Waals surface area contributed by atoms with Gasteiger partial charge >= 0.3 is 0 Å². The Morgan fingerprint density at radius 2 is 1.95 bits per heavy atom. The molecular weight excluding hydrogens is 258 g/mol. The lowest BCUT2D eigenvalue weighted by molar-refractivity contribution is -0.116. The molecule has 0 aliphatic carbocycles. The number of hydrogen-bond acceptors (Lipinski definition) is 2. The number of nitrogens with zero attached hydrogens (tertiary/aromatic N) is 1. The van der Waals surface area contributed by atoms with Gasteiger partial charge in [-0.15, -0.1) is 0 Å². The van der Waals surface area contributed by atoms with E-state index in [4.69, 9.17) is 0 Å². The van der Waals surface area contributed by atoms with E-state index < -0.39 is 0 Å². The fourth-order valence-electron chi connectivity index (χ4n) is 2.97. The third-order valence-corrected chi connectivity index (χ3v) is 4.23. The van der Waals surface area contributed by atoms with Crippen molar-refractivity contribution < 1.29 is 4.79 Å². The Labute approximate surface area is 126 Å². The lowest BCUT2D eigenvalue weighted by Crippen LogP contribution is -2.12. The van der Waals surface area contributed by atoms with Gasteiger partial charge in [0, 0.05) is 25.7 Å². The molecule has 0 unspecified atom stereocenters. The van der Waals surface area contributed by atoms with Crippen LogP contribution < -0.4 is 4.90 Å².